The number of rotatable bonds is 3. The van der Waals surface area contributed by atoms with Crippen molar-refractivity contribution in [1.82, 2.24) is 0 Å². The first kappa shape index (κ1) is 15.7. The van der Waals surface area contributed by atoms with Gasteiger partial charge in [-0.25, -0.2) is 0 Å². The van der Waals surface area contributed by atoms with Crippen molar-refractivity contribution in [2.45, 2.75) is 40.0 Å². The standard InChI is InChI=1S/C17H27ClN2/c1-17(2,3)14-7-10-20(11-8-14)16-5-4-13(6-9-19)12-15(16)18/h4-5,12,14H,6-11,19H2,1-3H3. The van der Waals surface area contributed by atoms with Crippen molar-refractivity contribution in [2.75, 3.05) is 24.5 Å². The molecule has 112 valence electrons. The van der Waals surface area contributed by atoms with Crippen molar-refractivity contribution in [1.29, 1.82) is 0 Å². The quantitative estimate of drug-likeness (QED) is 0.909. The van der Waals surface area contributed by atoms with Crippen LogP contribution in [-0.4, -0.2) is 19.6 Å². The second kappa shape index (κ2) is 6.36. The maximum Gasteiger partial charge on any atom is 0.0642 e. The molecule has 0 spiro atoms. The Labute approximate surface area is 128 Å². The lowest BCUT2D eigenvalue weighted by Crippen LogP contribution is -2.38. The van der Waals surface area contributed by atoms with Crippen LogP contribution in [0.5, 0.6) is 0 Å². The van der Waals surface area contributed by atoms with Gasteiger partial charge in [-0.05, 0) is 54.8 Å². The monoisotopic (exact) mass is 294 g/mol. The number of nitrogens with zero attached hydrogens (tertiary/aromatic N) is 1. The Morgan fingerprint density at radius 1 is 1.25 bits per heavy atom. The number of benzene rings is 1. The third-order valence-electron chi connectivity index (χ3n) is 4.51. The summed E-state index contributed by atoms with van der Waals surface area (Å²) in [5, 5.41) is 0.866. The highest BCUT2D eigenvalue weighted by atomic mass is 35.5. The molecule has 1 aromatic rings. The topological polar surface area (TPSA) is 29.3 Å². The summed E-state index contributed by atoms with van der Waals surface area (Å²) in [5.41, 5.74) is 8.42. The normalized spacial score (nSPS) is 17.6. The molecular weight excluding hydrogens is 268 g/mol. The summed E-state index contributed by atoms with van der Waals surface area (Å²) in [6, 6.07) is 6.38. The maximum atomic E-state index is 6.44. The van der Waals surface area contributed by atoms with E-state index in [1.807, 2.05) is 0 Å². The van der Waals surface area contributed by atoms with E-state index in [0.29, 0.717) is 12.0 Å². The molecule has 0 unspecified atom stereocenters. The molecule has 20 heavy (non-hydrogen) atoms. The Hall–Kier alpha value is -0.730. The molecule has 0 saturated carbocycles. The van der Waals surface area contributed by atoms with Crippen molar-refractivity contribution in [2.24, 2.45) is 17.1 Å². The molecule has 2 nitrogen and oxygen atoms in total. The summed E-state index contributed by atoms with van der Waals surface area (Å²) in [6.45, 7) is 9.94. The maximum absolute atomic E-state index is 6.44. The first-order valence-corrected chi connectivity index (χ1v) is 8.03. The molecule has 1 fully saturated rings. The van der Waals surface area contributed by atoms with Gasteiger partial charge in [0.25, 0.3) is 0 Å². The number of hydrogen-bond donors (Lipinski definition) is 1. The predicted molar refractivity (Wildman–Crippen MR) is 88.6 cm³/mol. The van der Waals surface area contributed by atoms with Gasteiger partial charge in [0.15, 0.2) is 0 Å². The van der Waals surface area contributed by atoms with E-state index in [9.17, 15) is 0 Å². The molecule has 3 heteroatoms. The van der Waals surface area contributed by atoms with Crippen LogP contribution >= 0.6 is 11.6 Å². The van der Waals surface area contributed by atoms with E-state index < -0.39 is 0 Å². The van der Waals surface area contributed by atoms with Crippen LogP contribution in [0.1, 0.15) is 39.2 Å². The first-order chi connectivity index (χ1) is 9.41. The lowest BCUT2D eigenvalue weighted by molar-refractivity contribution is 0.199. The average Bonchev–Trinajstić information content (AvgIpc) is 2.38. The smallest absolute Gasteiger partial charge is 0.0642 e. The summed E-state index contributed by atoms with van der Waals surface area (Å²) in [5.74, 6) is 0.814. The molecule has 0 amide bonds. The fourth-order valence-electron chi connectivity index (χ4n) is 3.12. The van der Waals surface area contributed by atoms with E-state index in [4.69, 9.17) is 17.3 Å². The van der Waals surface area contributed by atoms with Gasteiger partial charge in [-0.1, -0.05) is 38.4 Å². The molecule has 0 atom stereocenters. The minimum Gasteiger partial charge on any atom is -0.370 e. The van der Waals surface area contributed by atoms with E-state index in [-0.39, 0.29) is 0 Å². The second-order valence-electron chi connectivity index (χ2n) is 6.95. The molecule has 1 aliphatic heterocycles. The molecule has 2 N–H and O–H groups in total. The number of halogens is 1. The summed E-state index contributed by atoms with van der Waals surface area (Å²) in [6.07, 6.45) is 3.40. The van der Waals surface area contributed by atoms with Gasteiger partial charge in [-0.3, -0.25) is 0 Å². The Morgan fingerprint density at radius 2 is 1.90 bits per heavy atom. The Bertz CT molecular complexity index is 443. The number of anilines is 1. The predicted octanol–water partition coefficient (Wildman–Crippen LogP) is 4.10. The minimum absolute atomic E-state index is 0.418. The van der Waals surface area contributed by atoms with Crippen molar-refractivity contribution in [3.05, 3.63) is 28.8 Å². The second-order valence-corrected chi connectivity index (χ2v) is 7.36. The first-order valence-electron chi connectivity index (χ1n) is 7.65. The summed E-state index contributed by atoms with van der Waals surface area (Å²) < 4.78 is 0. The molecule has 1 heterocycles. The van der Waals surface area contributed by atoms with Crippen LogP contribution in [-0.2, 0) is 6.42 Å². The van der Waals surface area contributed by atoms with E-state index >= 15 is 0 Å². The number of nitrogens with two attached hydrogens (primary N) is 1. The van der Waals surface area contributed by atoms with Gasteiger partial charge in [0, 0.05) is 13.1 Å². The minimum atomic E-state index is 0.418. The highest BCUT2D eigenvalue weighted by Gasteiger charge is 2.29. The van der Waals surface area contributed by atoms with Crippen LogP contribution in [0.3, 0.4) is 0 Å². The Kier molecular flexibility index (Phi) is 4.98. The van der Waals surface area contributed by atoms with Crippen LogP contribution in [0.25, 0.3) is 0 Å². The highest BCUT2D eigenvalue weighted by molar-refractivity contribution is 6.33. The van der Waals surface area contributed by atoms with Crippen molar-refractivity contribution in [3.8, 4) is 0 Å². The lowest BCUT2D eigenvalue weighted by Gasteiger charge is -2.40. The Balaban J connectivity index is 2.03. The Morgan fingerprint density at radius 3 is 2.40 bits per heavy atom. The lowest BCUT2D eigenvalue weighted by atomic mass is 9.75. The third kappa shape index (κ3) is 3.67. The average molecular weight is 295 g/mol. The van der Waals surface area contributed by atoms with E-state index in [0.717, 1.165) is 30.5 Å². The van der Waals surface area contributed by atoms with E-state index in [1.165, 1.54) is 24.1 Å². The molecule has 1 aliphatic rings. The zero-order valence-electron chi connectivity index (χ0n) is 13.0. The molecule has 0 aromatic heterocycles. The number of piperidine rings is 1. The van der Waals surface area contributed by atoms with Crippen LogP contribution in [0, 0.1) is 11.3 Å². The van der Waals surface area contributed by atoms with E-state index in [1.54, 1.807) is 0 Å². The van der Waals surface area contributed by atoms with Gasteiger partial charge in [0.05, 0.1) is 10.7 Å². The highest BCUT2D eigenvalue weighted by Crippen LogP contribution is 2.37. The van der Waals surface area contributed by atoms with Crippen LogP contribution in [0.4, 0.5) is 5.69 Å². The molecule has 0 radical (unpaired) electrons. The van der Waals surface area contributed by atoms with Crippen molar-refractivity contribution in [3.63, 3.8) is 0 Å². The van der Waals surface area contributed by atoms with Crippen LogP contribution in [0.2, 0.25) is 5.02 Å². The largest absolute Gasteiger partial charge is 0.370 e. The van der Waals surface area contributed by atoms with Gasteiger partial charge in [0.1, 0.15) is 0 Å². The van der Waals surface area contributed by atoms with Crippen molar-refractivity contribution >= 4 is 17.3 Å². The molecule has 0 aliphatic carbocycles. The number of hydrogen-bond acceptors (Lipinski definition) is 2. The van der Waals surface area contributed by atoms with Crippen LogP contribution < -0.4 is 10.6 Å². The molecular formula is C17H27ClN2. The van der Waals surface area contributed by atoms with Gasteiger partial charge in [0.2, 0.25) is 0 Å². The summed E-state index contributed by atoms with van der Waals surface area (Å²) >= 11 is 6.44. The van der Waals surface area contributed by atoms with E-state index in [2.05, 4.69) is 43.9 Å². The van der Waals surface area contributed by atoms with Gasteiger partial charge in [-0.15, -0.1) is 0 Å². The van der Waals surface area contributed by atoms with Crippen molar-refractivity contribution < 1.29 is 0 Å². The SMILES string of the molecule is CC(C)(C)C1CCN(c2ccc(CCN)cc2Cl)CC1. The van der Waals surface area contributed by atoms with Gasteiger partial charge in [-0.2, -0.15) is 0 Å². The summed E-state index contributed by atoms with van der Waals surface area (Å²) in [7, 11) is 0. The third-order valence-corrected chi connectivity index (χ3v) is 4.81. The zero-order valence-corrected chi connectivity index (χ0v) is 13.7. The van der Waals surface area contributed by atoms with Crippen LogP contribution in [0.15, 0.2) is 18.2 Å². The fraction of sp³-hybridized carbons (Fsp3) is 0.647. The van der Waals surface area contributed by atoms with Gasteiger partial charge >= 0.3 is 0 Å². The summed E-state index contributed by atoms with van der Waals surface area (Å²) in [4.78, 5) is 2.43. The molecule has 1 aromatic carbocycles. The van der Waals surface area contributed by atoms with Gasteiger partial charge < -0.3 is 10.6 Å². The molecule has 0 bridgehead atoms. The molecule has 2 rings (SSSR count). The fourth-order valence-corrected chi connectivity index (χ4v) is 3.44. The molecule has 1 saturated heterocycles. The zero-order chi connectivity index (χ0) is 14.8.